The molecule has 0 fully saturated rings. The van der Waals surface area contributed by atoms with Crippen LogP contribution >= 0.6 is 0 Å². The Balaban J connectivity index is 2.81. The monoisotopic (exact) mass is 212 g/mol. The Bertz CT molecular complexity index is 338. The molecule has 1 aromatic carbocycles. The van der Waals surface area contributed by atoms with E-state index >= 15 is 0 Å². The molecule has 0 aromatic heterocycles. The first-order valence-corrected chi connectivity index (χ1v) is 4.63. The molecule has 0 saturated heterocycles. The van der Waals surface area contributed by atoms with E-state index in [4.69, 9.17) is 4.74 Å². The minimum atomic E-state index is -1.75. The van der Waals surface area contributed by atoms with E-state index < -0.39 is 12.1 Å². The highest BCUT2D eigenvalue weighted by molar-refractivity contribution is 5.76. The van der Waals surface area contributed by atoms with Crippen molar-refractivity contribution in [2.45, 2.75) is 13.1 Å². The van der Waals surface area contributed by atoms with E-state index in [1.165, 1.54) is 19.2 Å². The number of esters is 1. The van der Waals surface area contributed by atoms with Crippen LogP contribution in [0.15, 0.2) is 24.3 Å². The van der Waals surface area contributed by atoms with Crippen LogP contribution in [0, 0.1) is 0 Å². The van der Waals surface area contributed by atoms with Crippen LogP contribution in [-0.2, 0) is 9.53 Å². The maximum absolute atomic E-state index is 13.5. The van der Waals surface area contributed by atoms with Crippen molar-refractivity contribution in [1.29, 1.82) is 0 Å². The van der Waals surface area contributed by atoms with Gasteiger partial charge in [-0.25, -0.2) is 9.18 Å². The van der Waals surface area contributed by atoms with Crippen molar-refractivity contribution in [3.63, 3.8) is 0 Å². The fourth-order valence-electron chi connectivity index (χ4n) is 1.15. The highest BCUT2D eigenvalue weighted by Gasteiger charge is 2.20. The van der Waals surface area contributed by atoms with Gasteiger partial charge in [-0.1, -0.05) is 12.1 Å². The Kier molecular flexibility index (Phi) is 4.09. The molecule has 0 saturated carbocycles. The van der Waals surface area contributed by atoms with Gasteiger partial charge in [0.25, 0.3) is 0 Å². The van der Waals surface area contributed by atoms with Crippen LogP contribution in [0.5, 0.6) is 5.75 Å². The van der Waals surface area contributed by atoms with Gasteiger partial charge in [0.15, 0.2) is 0 Å². The number of alkyl halides is 1. The molecular weight excluding hydrogens is 199 g/mol. The van der Waals surface area contributed by atoms with Crippen molar-refractivity contribution in [3.8, 4) is 5.75 Å². The second kappa shape index (κ2) is 5.34. The largest absolute Gasteiger partial charge is 0.497 e. The molecular formula is C11H13FO3. The highest BCUT2D eigenvalue weighted by Crippen LogP contribution is 2.22. The SMILES string of the molecule is CCOC(=O)[C@@H](F)c1cccc(OC)c1. The quantitative estimate of drug-likeness (QED) is 0.718. The molecule has 1 atom stereocenters. The van der Waals surface area contributed by atoms with Crippen LogP contribution in [0.25, 0.3) is 0 Å². The van der Waals surface area contributed by atoms with E-state index in [9.17, 15) is 9.18 Å². The lowest BCUT2D eigenvalue weighted by Gasteiger charge is -2.08. The standard InChI is InChI=1S/C11H13FO3/c1-3-15-11(13)10(12)8-5-4-6-9(7-8)14-2/h4-7,10H,3H2,1-2H3/t10-/m0/s1. The average Bonchev–Trinajstić information content (AvgIpc) is 2.28. The molecule has 0 amide bonds. The molecule has 82 valence electrons. The summed E-state index contributed by atoms with van der Waals surface area (Å²) in [5.74, 6) is -0.356. The number of halogens is 1. The molecule has 0 radical (unpaired) electrons. The first kappa shape index (κ1) is 11.5. The second-order valence-corrected chi connectivity index (χ2v) is 2.89. The summed E-state index contributed by atoms with van der Waals surface area (Å²) in [6, 6.07) is 6.30. The number of methoxy groups -OCH3 is 1. The van der Waals surface area contributed by atoms with Crippen molar-refractivity contribution < 1.29 is 18.7 Å². The highest BCUT2D eigenvalue weighted by atomic mass is 19.1. The number of hydrogen-bond donors (Lipinski definition) is 0. The minimum absolute atomic E-state index is 0.170. The van der Waals surface area contributed by atoms with Crippen LogP contribution < -0.4 is 4.74 Å². The first-order valence-electron chi connectivity index (χ1n) is 4.63. The Labute approximate surface area is 87.8 Å². The van der Waals surface area contributed by atoms with Gasteiger partial charge < -0.3 is 9.47 Å². The summed E-state index contributed by atoms with van der Waals surface area (Å²) >= 11 is 0. The van der Waals surface area contributed by atoms with Gasteiger partial charge in [-0.05, 0) is 19.1 Å². The van der Waals surface area contributed by atoms with E-state index in [1.807, 2.05) is 0 Å². The van der Waals surface area contributed by atoms with E-state index in [0.717, 1.165) is 0 Å². The zero-order valence-electron chi connectivity index (χ0n) is 8.70. The van der Waals surface area contributed by atoms with Crippen molar-refractivity contribution in [3.05, 3.63) is 29.8 Å². The molecule has 0 N–H and O–H groups in total. The van der Waals surface area contributed by atoms with E-state index in [-0.39, 0.29) is 12.2 Å². The lowest BCUT2D eigenvalue weighted by atomic mass is 10.1. The maximum atomic E-state index is 13.5. The molecule has 0 aliphatic carbocycles. The van der Waals surface area contributed by atoms with Gasteiger partial charge in [-0.2, -0.15) is 0 Å². The predicted octanol–water partition coefficient (Wildman–Crippen LogP) is 2.27. The topological polar surface area (TPSA) is 35.5 Å². The number of hydrogen-bond acceptors (Lipinski definition) is 3. The Morgan fingerprint density at radius 2 is 2.27 bits per heavy atom. The number of ether oxygens (including phenoxy) is 2. The molecule has 0 aliphatic heterocycles. The zero-order chi connectivity index (χ0) is 11.3. The predicted molar refractivity (Wildman–Crippen MR) is 53.5 cm³/mol. The number of benzene rings is 1. The van der Waals surface area contributed by atoms with Crippen LogP contribution in [0.2, 0.25) is 0 Å². The molecule has 0 aliphatic rings. The Hall–Kier alpha value is -1.58. The minimum Gasteiger partial charge on any atom is -0.497 e. The third-order valence-corrected chi connectivity index (χ3v) is 1.88. The molecule has 0 bridgehead atoms. The summed E-state index contributed by atoms with van der Waals surface area (Å²) in [5.41, 5.74) is 0.243. The van der Waals surface area contributed by atoms with Crippen LogP contribution in [0.1, 0.15) is 18.7 Å². The number of carbonyl (C=O) groups is 1. The number of carbonyl (C=O) groups excluding carboxylic acids is 1. The lowest BCUT2D eigenvalue weighted by molar-refractivity contribution is -0.149. The normalized spacial score (nSPS) is 11.9. The fraction of sp³-hybridized carbons (Fsp3) is 0.364. The fourth-order valence-corrected chi connectivity index (χ4v) is 1.15. The molecule has 1 rings (SSSR count). The summed E-state index contributed by atoms with van der Waals surface area (Å²) in [7, 11) is 1.48. The van der Waals surface area contributed by atoms with Crippen molar-refractivity contribution in [2.24, 2.45) is 0 Å². The van der Waals surface area contributed by atoms with Gasteiger partial charge >= 0.3 is 5.97 Å². The first-order chi connectivity index (χ1) is 7.19. The Morgan fingerprint density at radius 3 is 2.87 bits per heavy atom. The lowest BCUT2D eigenvalue weighted by Crippen LogP contribution is -2.11. The molecule has 0 spiro atoms. The molecule has 15 heavy (non-hydrogen) atoms. The van der Waals surface area contributed by atoms with Crippen LogP contribution in [0.4, 0.5) is 4.39 Å². The van der Waals surface area contributed by atoms with Crippen molar-refractivity contribution >= 4 is 5.97 Å². The molecule has 0 unspecified atom stereocenters. The van der Waals surface area contributed by atoms with Crippen molar-refractivity contribution in [1.82, 2.24) is 0 Å². The van der Waals surface area contributed by atoms with Crippen LogP contribution in [0.3, 0.4) is 0 Å². The van der Waals surface area contributed by atoms with E-state index in [0.29, 0.717) is 5.75 Å². The number of rotatable bonds is 4. The third kappa shape index (κ3) is 2.94. The molecule has 3 nitrogen and oxygen atoms in total. The smallest absolute Gasteiger partial charge is 0.345 e. The van der Waals surface area contributed by atoms with Gasteiger partial charge in [0.2, 0.25) is 6.17 Å². The maximum Gasteiger partial charge on any atom is 0.345 e. The van der Waals surface area contributed by atoms with Gasteiger partial charge in [0.1, 0.15) is 5.75 Å². The second-order valence-electron chi connectivity index (χ2n) is 2.89. The van der Waals surface area contributed by atoms with E-state index in [1.54, 1.807) is 19.1 Å². The summed E-state index contributed by atoms with van der Waals surface area (Å²) in [6.45, 7) is 1.80. The Morgan fingerprint density at radius 1 is 1.53 bits per heavy atom. The zero-order valence-corrected chi connectivity index (χ0v) is 8.70. The molecule has 1 aromatic rings. The third-order valence-electron chi connectivity index (χ3n) is 1.88. The summed E-state index contributed by atoms with van der Waals surface area (Å²) < 4.78 is 23.0. The van der Waals surface area contributed by atoms with Gasteiger partial charge in [0.05, 0.1) is 13.7 Å². The summed E-state index contributed by atoms with van der Waals surface area (Å²) in [4.78, 5) is 11.1. The molecule has 0 heterocycles. The van der Waals surface area contributed by atoms with Crippen LogP contribution in [-0.4, -0.2) is 19.7 Å². The van der Waals surface area contributed by atoms with Crippen molar-refractivity contribution in [2.75, 3.05) is 13.7 Å². The molecule has 4 heteroatoms. The van der Waals surface area contributed by atoms with E-state index in [2.05, 4.69) is 4.74 Å². The van der Waals surface area contributed by atoms with Gasteiger partial charge in [0, 0.05) is 5.56 Å². The summed E-state index contributed by atoms with van der Waals surface area (Å²) in [5, 5.41) is 0. The summed E-state index contributed by atoms with van der Waals surface area (Å²) in [6.07, 6.45) is -1.75. The average molecular weight is 212 g/mol. The van der Waals surface area contributed by atoms with Gasteiger partial charge in [-0.15, -0.1) is 0 Å². The van der Waals surface area contributed by atoms with Gasteiger partial charge in [-0.3, -0.25) is 0 Å².